The molecule has 12 heavy (non-hydrogen) atoms. The van der Waals surface area contributed by atoms with Crippen LogP contribution >= 0.6 is 0 Å². The Labute approximate surface area is 75.7 Å². The summed E-state index contributed by atoms with van der Waals surface area (Å²) in [6.45, 7) is 9.40. The summed E-state index contributed by atoms with van der Waals surface area (Å²) in [5.74, 6) is 0.198. The van der Waals surface area contributed by atoms with Crippen LogP contribution in [0.2, 0.25) is 0 Å². The SMILES string of the molecule is C#C.CC(=O)CNCC(C)(C)C. The van der Waals surface area contributed by atoms with Crippen LogP contribution in [0.15, 0.2) is 0 Å². The molecule has 0 aromatic carbocycles. The highest BCUT2D eigenvalue weighted by Gasteiger charge is 2.08. The van der Waals surface area contributed by atoms with E-state index in [2.05, 4.69) is 38.9 Å². The van der Waals surface area contributed by atoms with Crippen molar-refractivity contribution in [3.8, 4) is 12.8 Å². The average molecular weight is 169 g/mol. The van der Waals surface area contributed by atoms with Crippen molar-refractivity contribution in [2.45, 2.75) is 27.7 Å². The Hall–Kier alpha value is -0.810. The van der Waals surface area contributed by atoms with Crippen LogP contribution in [0, 0.1) is 18.3 Å². The van der Waals surface area contributed by atoms with Crippen LogP contribution in [-0.4, -0.2) is 18.9 Å². The van der Waals surface area contributed by atoms with E-state index in [0.717, 1.165) is 6.54 Å². The van der Waals surface area contributed by atoms with Crippen LogP contribution in [0.4, 0.5) is 0 Å². The summed E-state index contributed by atoms with van der Waals surface area (Å²) in [7, 11) is 0. The van der Waals surface area contributed by atoms with Crippen molar-refractivity contribution in [1.82, 2.24) is 5.32 Å². The van der Waals surface area contributed by atoms with E-state index in [0.29, 0.717) is 6.54 Å². The lowest BCUT2D eigenvalue weighted by Gasteiger charge is -2.17. The Balaban J connectivity index is 0. The molecule has 2 nitrogen and oxygen atoms in total. The summed E-state index contributed by atoms with van der Waals surface area (Å²) in [4.78, 5) is 10.5. The van der Waals surface area contributed by atoms with Crippen molar-refractivity contribution >= 4 is 5.78 Å². The van der Waals surface area contributed by atoms with E-state index >= 15 is 0 Å². The van der Waals surface area contributed by atoms with Gasteiger partial charge in [0.1, 0.15) is 5.78 Å². The van der Waals surface area contributed by atoms with E-state index in [-0.39, 0.29) is 11.2 Å². The maximum absolute atomic E-state index is 10.5. The zero-order chi connectivity index (χ0) is 10.2. The van der Waals surface area contributed by atoms with Crippen molar-refractivity contribution in [2.24, 2.45) is 5.41 Å². The number of rotatable bonds is 3. The number of Topliss-reactive ketones (excluding diaryl/α,β-unsaturated/α-hetero) is 1. The van der Waals surface area contributed by atoms with E-state index in [1.807, 2.05) is 0 Å². The molecule has 0 aliphatic heterocycles. The molecule has 70 valence electrons. The topological polar surface area (TPSA) is 29.1 Å². The predicted octanol–water partition coefficient (Wildman–Crippen LogP) is 1.46. The second kappa shape index (κ2) is 6.87. The zero-order valence-corrected chi connectivity index (χ0v) is 8.48. The third-order valence-corrected chi connectivity index (χ3v) is 1.03. The summed E-state index contributed by atoms with van der Waals surface area (Å²) < 4.78 is 0. The first kappa shape index (κ1) is 13.8. The van der Waals surface area contributed by atoms with Crippen LogP contribution < -0.4 is 5.32 Å². The monoisotopic (exact) mass is 169 g/mol. The fourth-order valence-electron chi connectivity index (χ4n) is 0.614. The standard InChI is InChI=1S/C8H17NO.C2H2/c1-7(10)5-9-6-8(2,3)4;1-2/h9H,5-6H2,1-4H3;1-2H. The normalized spacial score (nSPS) is 9.83. The molecule has 0 spiro atoms. The second-order valence-corrected chi connectivity index (χ2v) is 3.87. The largest absolute Gasteiger partial charge is 0.310 e. The Morgan fingerprint density at radius 3 is 2.00 bits per heavy atom. The van der Waals surface area contributed by atoms with Crippen molar-refractivity contribution in [2.75, 3.05) is 13.1 Å². The number of carbonyl (C=O) groups is 1. The van der Waals surface area contributed by atoms with Gasteiger partial charge in [-0.25, -0.2) is 0 Å². The Morgan fingerprint density at radius 2 is 1.75 bits per heavy atom. The van der Waals surface area contributed by atoms with Crippen LogP contribution in [-0.2, 0) is 4.79 Å². The van der Waals surface area contributed by atoms with Crippen LogP contribution in [0.25, 0.3) is 0 Å². The third-order valence-electron chi connectivity index (χ3n) is 1.03. The molecule has 0 radical (unpaired) electrons. The smallest absolute Gasteiger partial charge is 0.143 e. The van der Waals surface area contributed by atoms with E-state index in [9.17, 15) is 4.79 Å². The number of hydrogen-bond donors (Lipinski definition) is 1. The maximum Gasteiger partial charge on any atom is 0.143 e. The highest BCUT2D eigenvalue weighted by Crippen LogP contribution is 2.09. The van der Waals surface area contributed by atoms with E-state index in [4.69, 9.17) is 0 Å². The summed E-state index contributed by atoms with van der Waals surface area (Å²) in [6, 6.07) is 0. The second-order valence-electron chi connectivity index (χ2n) is 3.87. The highest BCUT2D eigenvalue weighted by atomic mass is 16.1. The van der Waals surface area contributed by atoms with Gasteiger partial charge in [0.05, 0.1) is 6.54 Å². The molecule has 0 atom stereocenters. The number of carbonyl (C=O) groups excluding carboxylic acids is 1. The Morgan fingerprint density at radius 1 is 1.33 bits per heavy atom. The number of terminal acetylenes is 1. The first-order valence-electron chi connectivity index (χ1n) is 3.95. The molecule has 0 saturated heterocycles. The molecular weight excluding hydrogens is 150 g/mol. The molecule has 0 amide bonds. The van der Waals surface area contributed by atoms with Crippen molar-refractivity contribution in [1.29, 1.82) is 0 Å². The summed E-state index contributed by atoms with van der Waals surface area (Å²) >= 11 is 0. The first-order valence-corrected chi connectivity index (χ1v) is 3.95. The molecule has 0 rings (SSSR count). The van der Waals surface area contributed by atoms with Gasteiger partial charge in [-0.15, -0.1) is 12.8 Å². The molecule has 0 unspecified atom stereocenters. The minimum atomic E-state index is 0.198. The molecule has 0 aliphatic rings. The molecule has 0 saturated carbocycles. The van der Waals surface area contributed by atoms with Gasteiger partial charge in [0.15, 0.2) is 0 Å². The van der Waals surface area contributed by atoms with Gasteiger partial charge in [0.25, 0.3) is 0 Å². The minimum Gasteiger partial charge on any atom is -0.310 e. The van der Waals surface area contributed by atoms with Gasteiger partial charge in [-0.05, 0) is 12.3 Å². The van der Waals surface area contributed by atoms with Gasteiger partial charge >= 0.3 is 0 Å². The Kier molecular flexibility index (Phi) is 7.88. The minimum absolute atomic E-state index is 0.198. The lowest BCUT2D eigenvalue weighted by atomic mass is 9.97. The van der Waals surface area contributed by atoms with Crippen LogP contribution in [0.3, 0.4) is 0 Å². The van der Waals surface area contributed by atoms with Crippen LogP contribution in [0.5, 0.6) is 0 Å². The van der Waals surface area contributed by atoms with E-state index in [1.165, 1.54) is 0 Å². The van der Waals surface area contributed by atoms with Gasteiger partial charge in [0.2, 0.25) is 0 Å². The molecule has 0 aromatic heterocycles. The molecule has 0 aliphatic carbocycles. The molecule has 2 heteroatoms. The van der Waals surface area contributed by atoms with Gasteiger partial charge in [0, 0.05) is 6.54 Å². The number of hydrogen-bond acceptors (Lipinski definition) is 2. The van der Waals surface area contributed by atoms with Gasteiger partial charge in [-0.1, -0.05) is 20.8 Å². The van der Waals surface area contributed by atoms with Gasteiger partial charge < -0.3 is 5.32 Å². The van der Waals surface area contributed by atoms with Crippen molar-refractivity contribution in [3.05, 3.63) is 0 Å². The molecular formula is C10H19NO. The molecule has 1 N–H and O–H groups in total. The summed E-state index contributed by atoms with van der Waals surface area (Å²) in [5, 5.41) is 3.08. The molecule has 0 bridgehead atoms. The quantitative estimate of drug-likeness (QED) is 0.648. The van der Waals surface area contributed by atoms with E-state index < -0.39 is 0 Å². The summed E-state index contributed by atoms with van der Waals surface area (Å²) in [6.07, 6.45) is 8.00. The fourth-order valence-corrected chi connectivity index (χ4v) is 0.614. The first-order chi connectivity index (χ1) is 5.42. The molecule has 0 aromatic rings. The zero-order valence-electron chi connectivity index (χ0n) is 8.48. The van der Waals surface area contributed by atoms with Crippen molar-refractivity contribution < 1.29 is 4.79 Å². The highest BCUT2D eigenvalue weighted by molar-refractivity contribution is 5.77. The average Bonchev–Trinajstić information content (AvgIpc) is 1.88. The maximum atomic E-state index is 10.5. The van der Waals surface area contributed by atoms with Gasteiger partial charge in [-0.3, -0.25) is 4.79 Å². The fraction of sp³-hybridized carbons (Fsp3) is 0.700. The van der Waals surface area contributed by atoms with Crippen molar-refractivity contribution in [3.63, 3.8) is 0 Å². The van der Waals surface area contributed by atoms with E-state index in [1.54, 1.807) is 6.92 Å². The number of ketones is 1. The molecule has 0 heterocycles. The number of nitrogens with one attached hydrogen (secondary N) is 1. The molecule has 0 fully saturated rings. The summed E-state index contributed by atoms with van der Waals surface area (Å²) in [5.41, 5.74) is 0.273. The lowest BCUT2D eigenvalue weighted by Crippen LogP contribution is -2.30. The van der Waals surface area contributed by atoms with Crippen LogP contribution in [0.1, 0.15) is 27.7 Å². The third kappa shape index (κ3) is 16.1. The van der Waals surface area contributed by atoms with Gasteiger partial charge in [-0.2, -0.15) is 0 Å². The lowest BCUT2D eigenvalue weighted by molar-refractivity contribution is -0.116. The Bertz CT molecular complexity index is 142. The predicted molar refractivity (Wildman–Crippen MR) is 52.9 cm³/mol.